The first kappa shape index (κ1) is 16.2. The minimum Gasteiger partial charge on any atom is -0.496 e. The molecule has 1 N–H and O–H groups in total. The minimum absolute atomic E-state index is 0.0653. The maximum atomic E-state index is 14.6. The Morgan fingerprint density at radius 2 is 2.04 bits per heavy atom. The Kier molecular flexibility index (Phi) is 4.32. The summed E-state index contributed by atoms with van der Waals surface area (Å²) in [6.07, 6.45) is 4.49. The first-order valence-corrected chi connectivity index (χ1v) is 8.17. The number of nitrogens with one attached hydrogen (secondary N) is 1. The first-order valence-electron chi connectivity index (χ1n) is 8.17. The molecule has 1 saturated heterocycles. The molecule has 0 amide bonds. The second-order valence-corrected chi connectivity index (χ2v) is 6.68. The number of ether oxygens (including phenoxy) is 1. The Bertz CT molecular complexity index is 620. The molecule has 0 radical (unpaired) electrons. The quantitative estimate of drug-likeness (QED) is 0.899. The highest BCUT2D eigenvalue weighted by Gasteiger charge is 2.38. The highest BCUT2D eigenvalue weighted by molar-refractivity contribution is 5.69. The fourth-order valence-electron chi connectivity index (χ4n) is 3.48. The Hall–Kier alpha value is -1.62. The van der Waals surface area contributed by atoms with Crippen LogP contribution in [0, 0.1) is 12.8 Å². The highest BCUT2D eigenvalue weighted by atomic mass is 19.3. The number of aryl methyl sites for hydroxylation is 1. The summed E-state index contributed by atoms with van der Waals surface area (Å²) in [6.45, 7) is 6.47. The molecule has 1 aromatic rings. The molecule has 126 valence electrons. The molecule has 1 fully saturated rings. The maximum absolute atomic E-state index is 14.6. The van der Waals surface area contributed by atoms with Gasteiger partial charge in [0, 0.05) is 24.4 Å². The van der Waals surface area contributed by atoms with Gasteiger partial charge in [0.1, 0.15) is 5.75 Å². The summed E-state index contributed by atoms with van der Waals surface area (Å²) in [5.41, 5.74) is 1.95. The largest absolute Gasteiger partial charge is 0.496 e. The van der Waals surface area contributed by atoms with Gasteiger partial charge in [0.15, 0.2) is 0 Å². The van der Waals surface area contributed by atoms with Crippen molar-refractivity contribution in [3.63, 3.8) is 0 Å². The monoisotopic (exact) mass is 322 g/mol. The van der Waals surface area contributed by atoms with E-state index in [1.54, 1.807) is 7.11 Å². The number of hydrogen-bond donors (Lipinski definition) is 1. The van der Waals surface area contributed by atoms with Crippen molar-refractivity contribution in [2.24, 2.45) is 5.92 Å². The fraction of sp³-hybridized carbons (Fsp3) is 0.556. The summed E-state index contributed by atoms with van der Waals surface area (Å²) in [5, 5.41) is 2.99. The van der Waals surface area contributed by atoms with Crippen LogP contribution in [0.5, 0.6) is 5.75 Å². The Balaban J connectivity index is 2.02. The van der Waals surface area contributed by atoms with Gasteiger partial charge in [-0.15, -0.1) is 0 Å². The summed E-state index contributed by atoms with van der Waals surface area (Å²) in [5.74, 6) is -1.71. The van der Waals surface area contributed by atoms with Gasteiger partial charge < -0.3 is 10.1 Å². The number of rotatable bonds is 3. The van der Waals surface area contributed by atoms with E-state index < -0.39 is 5.92 Å². The number of allylic oxidation sites excluding steroid dienone is 1. The lowest BCUT2D eigenvalue weighted by Crippen LogP contribution is -2.33. The molecule has 3 rings (SSSR count). The van der Waals surface area contributed by atoms with Crippen molar-refractivity contribution in [3.8, 4) is 5.75 Å². The molecule has 3 nitrogen and oxygen atoms in total. The zero-order valence-electron chi connectivity index (χ0n) is 14.0. The predicted octanol–water partition coefficient (Wildman–Crippen LogP) is 4.27. The van der Waals surface area contributed by atoms with Gasteiger partial charge in [0.05, 0.1) is 18.4 Å². The average molecular weight is 322 g/mol. The Morgan fingerprint density at radius 1 is 1.35 bits per heavy atom. The van der Waals surface area contributed by atoms with Crippen molar-refractivity contribution in [1.29, 1.82) is 0 Å². The van der Waals surface area contributed by atoms with Gasteiger partial charge in [0.25, 0.3) is 5.92 Å². The van der Waals surface area contributed by atoms with Gasteiger partial charge in [-0.1, -0.05) is 6.92 Å². The van der Waals surface area contributed by atoms with Gasteiger partial charge in [-0.05, 0) is 50.4 Å². The zero-order valence-corrected chi connectivity index (χ0v) is 14.0. The molecule has 0 bridgehead atoms. The summed E-state index contributed by atoms with van der Waals surface area (Å²) in [4.78, 5) is 2.25. The second-order valence-electron chi connectivity index (χ2n) is 6.68. The van der Waals surface area contributed by atoms with Crippen LogP contribution in [0.1, 0.15) is 36.5 Å². The standard InChI is InChI=1S/C18H24F2N2O/c1-12-4-8-22(9-5-12)11-14-15(23-3)10-13(2)17-16(14)18(19,20)6-7-21-17/h6-7,10,12,21H,4-5,8-9,11H2,1-3H3. The van der Waals surface area contributed by atoms with Crippen LogP contribution in [-0.4, -0.2) is 25.1 Å². The number of alkyl halides is 2. The van der Waals surface area contributed by atoms with Crippen LogP contribution >= 0.6 is 0 Å². The number of halogens is 2. The van der Waals surface area contributed by atoms with Crippen LogP contribution in [0.15, 0.2) is 18.3 Å². The molecule has 1 aromatic carbocycles. The number of piperidine rings is 1. The van der Waals surface area contributed by atoms with E-state index in [-0.39, 0.29) is 5.56 Å². The Morgan fingerprint density at radius 3 is 2.70 bits per heavy atom. The molecule has 0 atom stereocenters. The Labute approximate surface area is 136 Å². The van der Waals surface area contributed by atoms with Crippen LogP contribution in [0.3, 0.4) is 0 Å². The average Bonchev–Trinajstić information content (AvgIpc) is 2.51. The molecular weight excluding hydrogens is 298 g/mol. The lowest BCUT2D eigenvalue weighted by Gasteiger charge is -2.33. The maximum Gasteiger partial charge on any atom is 0.295 e. The van der Waals surface area contributed by atoms with Crippen molar-refractivity contribution in [3.05, 3.63) is 35.0 Å². The smallest absolute Gasteiger partial charge is 0.295 e. The lowest BCUT2D eigenvalue weighted by molar-refractivity contribution is 0.0489. The lowest BCUT2D eigenvalue weighted by atomic mass is 9.92. The van der Waals surface area contributed by atoms with Crippen LogP contribution in [-0.2, 0) is 12.5 Å². The molecule has 5 heteroatoms. The highest BCUT2D eigenvalue weighted by Crippen LogP contribution is 2.45. The van der Waals surface area contributed by atoms with Crippen LogP contribution in [0.4, 0.5) is 14.5 Å². The van der Waals surface area contributed by atoms with Crippen molar-refractivity contribution >= 4 is 5.69 Å². The summed E-state index contributed by atoms with van der Waals surface area (Å²) in [6, 6.07) is 1.85. The third kappa shape index (κ3) is 3.07. The third-order valence-corrected chi connectivity index (χ3v) is 4.92. The summed E-state index contributed by atoms with van der Waals surface area (Å²) >= 11 is 0. The normalized spacial score (nSPS) is 20.9. The molecule has 2 aliphatic heterocycles. The van der Waals surface area contributed by atoms with Crippen LogP contribution < -0.4 is 10.1 Å². The van der Waals surface area contributed by atoms with E-state index in [0.29, 0.717) is 29.5 Å². The second kappa shape index (κ2) is 6.11. The van der Waals surface area contributed by atoms with Gasteiger partial charge in [0.2, 0.25) is 0 Å². The molecule has 2 aliphatic rings. The van der Waals surface area contributed by atoms with E-state index in [1.165, 1.54) is 6.20 Å². The van der Waals surface area contributed by atoms with Crippen molar-refractivity contribution in [1.82, 2.24) is 4.90 Å². The molecule has 0 saturated carbocycles. The molecule has 0 unspecified atom stereocenters. The number of anilines is 1. The van der Waals surface area contributed by atoms with E-state index in [4.69, 9.17) is 4.74 Å². The van der Waals surface area contributed by atoms with Gasteiger partial charge in [-0.3, -0.25) is 4.90 Å². The number of fused-ring (bicyclic) bond motifs is 1. The van der Waals surface area contributed by atoms with Gasteiger partial charge >= 0.3 is 0 Å². The van der Waals surface area contributed by atoms with E-state index in [0.717, 1.165) is 37.6 Å². The van der Waals surface area contributed by atoms with E-state index in [2.05, 4.69) is 17.1 Å². The number of nitrogens with zero attached hydrogens (tertiary/aromatic N) is 1. The summed E-state index contributed by atoms with van der Waals surface area (Å²) < 4.78 is 34.6. The van der Waals surface area contributed by atoms with Gasteiger partial charge in [-0.25, -0.2) is 0 Å². The van der Waals surface area contributed by atoms with Crippen molar-refractivity contribution in [2.75, 3.05) is 25.5 Å². The zero-order chi connectivity index (χ0) is 16.6. The van der Waals surface area contributed by atoms with Crippen molar-refractivity contribution < 1.29 is 13.5 Å². The number of methoxy groups -OCH3 is 1. The van der Waals surface area contributed by atoms with Gasteiger partial charge in [-0.2, -0.15) is 8.78 Å². The predicted molar refractivity (Wildman–Crippen MR) is 88.1 cm³/mol. The number of likely N-dealkylation sites (tertiary alicyclic amines) is 1. The third-order valence-electron chi connectivity index (χ3n) is 4.92. The van der Waals surface area contributed by atoms with E-state index >= 15 is 0 Å². The van der Waals surface area contributed by atoms with Crippen LogP contribution in [0.2, 0.25) is 0 Å². The molecule has 0 aliphatic carbocycles. The first-order chi connectivity index (χ1) is 10.9. The topological polar surface area (TPSA) is 24.5 Å². The molecule has 0 spiro atoms. The minimum atomic E-state index is -2.97. The van der Waals surface area contributed by atoms with E-state index in [9.17, 15) is 8.78 Å². The van der Waals surface area contributed by atoms with E-state index in [1.807, 2.05) is 13.0 Å². The van der Waals surface area contributed by atoms with Crippen LogP contribution in [0.25, 0.3) is 0 Å². The molecule has 2 heterocycles. The fourth-order valence-corrected chi connectivity index (χ4v) is 3.48. The summed E-state index contributed by atoms with van der Waals surface area (Å²) in [7, 11) is 1.55. The molecular formula is C18H24F2N2O. The number of hydrogen-bond acceptors (Lipinski definition) is 3. The van der Waals surface area contributed by atoms with Crippen molar-refractivity contribution in [2.45, 2.75) is 39.2 Å². The molecule has 0 aromatic heterocycles. The number of benzene rings is 1. The molecule has 23 heavy (non-hydrogen) atoms. The SMILES string of the molecule is COc1cc(C)c2c(c1CN1CCC(C)CC1)C(F)(F)C=CN2.